The molecule has 1 atom stereocenters. The van der Waals surface area contributed by atoms with Crippen LogP contribution in [0, 0.1) is 0 Å². The fourth-order valence-corrected chi connectivity index (χ4v) is 3.79. The van der Waals surface area contributed by atoms with Gasteiger partial charge in [-0.05, 0) is 51.4 Å². The van der Waals surface area contributed by atoms with Crippen molar-refractivity contribution in [3.05, 3.63) is 42.5 Å². The number of likely N-dealkylation sites (N-methyl/N-ethyl adjacent to an activating group) is 1. The number of esters is 1. The molecule has 1 aliphatic heterocycles. The molecule has 0 bridgehead atoms. The molecule has 1 heterocycles. The highest BCUT2D eigenvalue weighted by Crippen LogP contribution is 2.49. The fraction of sp³-hybridized carbons (Fsp3) is 0.316. The largest absolute Gasteiger partial charge is 0.427 e. The number of benzene rings is 2. The van der Waals surface area contributed by atoms with Gasteiger partial charge in [0.2, 0.25) is 0 Å². The van der Waals surface area contributed by atoms with Crippen molar-refractivity contribution in [2.24, 2.45) is 0 Å². The SMILES string of the molecule is CC(=O)Oc1ccc2c(c1)Sc1ccccc1N2CC(C)N(C)C. The first-order valence-corrected chi connectivity index (χ1v) is 8.80. The lowest BCUT2D eigenvalue weighted by Gasteiger charge is -2.36. The molecule has 0 N–H and O–H groups in total. The molecule has 0 amide bonds. The van der Waals surface area contributed by atoms with Gasteiger partial charge >= 0.3 is 5.97 Å². The topological polar surface area (TPSA) is 32.8 Å². The summed E-state index contributed by atoms with van der Waals surface area (Å²) in [5, 5.41) is 0. The Hall–Kier alpha value is -1.98. The zero-order valence-corrected chi connectivity index (χ0v) is 15.3. The van der Waals surface area contributed by atoms with Crippen LogP contribution in [0.15, 0.2) is 52.3 Å². The lowest BCUT2D eigenvalue weighted by atomic mass is 10.2. The molecule has 0 radical (unpaired) electrons. The predicted octanol–water partition coefficient (Wildman–Crippen LogP) is 4.16. The second kappa shape index (κ2) is 6.87. The molecule has 1 unspecified atom stereocenters. The molecule has 1 aliphatic rings. The summed E-state index contributed by atoms with van der Waals surface area (Å²) in [6, 6.07) is 14.7. The van der Waals surface area contributed by atoms with Crippen LogP contribution in [0.5, 0.6) is 5.75 Å². The molecule has 24 heavy (non-hydrogen) atoms. The number of hydrogen-bond acceptors (Lipinski definition) is 5. The zero-order valence-electron chi connectivity index (χ0n) is 14.4. The van der Waals surface area contributed by atoms with Crippen molar-refractivity contribution < 1.29 is 9.53 Å². The molecule has 0 fully saturated rings. The van der Waals surface area contributed by atoms with E-state index in [9.17, 15) is 4.79 Å². The average Bonchev–Trinajstić information content (AvgIpc) is 2.53. The Morgan fingerprint density at radius 2 is 1.88 bits per heavy atom. The Bertz CT molecular complexity index is 761. The molecule has 5 heteroatoms. The average molecular weight is 342 g/mol. The van der Waals surface area contributed by atoms with Crippen LogP contribution in [0.25, 0.3) is 0 Å². The molecule has 0 aromatic heterocycles. The van der Waals surface area contributed by atoms with Gasteiger partial charge in [0.25, 0.3) is 0 Å². The van der Waals surface area contributed by atoms with Crippen molar-refractivity contribution in [1.82, 2.24) is 4.90 Å². The van der Waals surface area contributed by atoms with E-state index in [4.69, 9.17) is 4.74 Å². The second-order valence-corrected chi connectivity index (χ2v) is 7.30. The number of ether oxygens (including phenoxy) is 1. The van der Waals surface area contributed by atoms with Crippen LogP contribution in [0.3, 0.4) is 0 Å². The molecule has 2 aromatic rings. The van der Waals surface area contributed by atoms with Crippen molar-refractivity contribution in [3.8, 4) is 5.75 Å². The van der Waals surface area contributed by atoms with Gasteiger partial charge in [-0.1, -0.05) is 23.9 Å². The van der Waals surface area contributed by atoms with E-state index in [1.807, 2.05) is 18.2 Å². The number of fused-ring (bicyclic) bond motifs is 2. The van der Waals surface area contributed by atoms with Gasteiger partial charge in [0, 0.05) is 29.3 Å². The number of nitrogens with zero attached hydrogens (tertiary/aromatic N) is 2. The summed E-state index contributed by atoms with van der Waals surface area (Å²) in [7, 11) is 4.19. The van der Waals surface area contributed by atoms with Crippen molar-refractivity contribution in [3.63, 3.8) is 0 Å². The number of hydrogen-bond donors (Lipinski definition) is 0. The van der Waals surface area contributed by atoms with E-state index in [1.165, 1.54) is 17.5 Å². The standard InChI is InChI=1S/C19H22N2O2S/c1-13(20(3)4)12-21-16-7-5-6-8-18(16)24-19-11-15(23-14(2)22)9-10-17(19)21/h5-11,13H,12H2,1-4H3. The van der Waals surface area contributed by atoms with Gasteiger partial charge in [-0.3, -0.25) is 4.79 Å². The molecule has 3 rings (SSSR count). The van der Waals surface area contributed by atoms with E-state index in [1.54, 1.807) is 11.8 Å². The highest BCUT2D eigenvalue weighted by molar-refractivity contribution is 7.99. The molecule has 0 saturated heterocycles. The highest BCUT2D eigenvalue weighted by atomic mass is 32.2. The smallest absolute Gasteiger partial charge is 0.308 e. The molecule has 2 aromatic carbocycles. The van der Waals surface area contributed by atoms with E-state index < -0.39 is 0 Å². The lowest BCUT2D eigenvalue weighted by Crippen LogP contribution is -2.37. The Kier molecular flexibility index (Phi) is 4.83. The van der Waals surface area contributed by atoms with Crippen LogP contribution in [-0.2, 0) is 4.79 Å². The van der Waals surface area contributed by atoms with Gasteiger partial charge in [0.1, 0.15) is 5.75 Å². The first-order valence-electron chi connectivity index (χ1n) is 7.99. The Morgan fingerprint density at radius 1 is 1.17 bits per heavy atom. The van der Waals surface area contributed by atoms with E-state index in [0.717, 1.165) is 17.1 Å². The summed E-state index contributed by atoms with van der Waals surface area (Å²) in [5.41, 5.74) is 2.38. The minimum Gasteiger partial charge on any atom is -0.427 e. The second-order valence-electron chi connectivity index (χ2n) is 6.22. The normalized spacial score (nSPS) is 14.1. The van der Waals surface area contributed by atoms with Crippen LogP contribution < -0.4 is 9.64 Å². The third-order valence-corrected chi connectivity index (χ3v) is 5.30. The minimum absolute atomic E-state index is 0.297. The van der Waals surface area contributed by atoms with E-state index in [-0.39, 0.29) is 5.97 Å². The molecule has 0 spiro atoms. The Balaban J connectivity index is 2.01. The summed E-state index contributed by atoms with van der Waals surface area (Å²) in [6.07, 6.45) is 0. The molecular formula is C19H22N2O2S. The van der Waals surface area contributed by atoms with Gasteiger partial charge in [0.15, 0.2) is 0 Å². The van der Waals surface area contributed by atoms with Crippen LogP contribution in [0.4, 0.5) is 11.4 Å². The molecule has 126 valence electrons. The van der Waals surface area contributed by atoms with Gasteiger partial charge in [-0.15, -0.1) is 0 Å². The lowest BCUT2D eigenvalue weighted by molar-refractivity contribution is -0.131. The monoisotopic (exact) mass is 342 g/mol. The third-order valence-electron chi connectivity index (χ3n) is 4.19. The minimum atomic E-state index is -0.297. The summed E-state index contributed by atoms with van der Waals surface area (Å²) in [4.78, 5) is 18.1. The first kappa shape index (κ1) is 16.9. The van der Waals surface area contributed by atoms with Crippen molar-refractivity contribution in [2.45, 2.75) is 29.7 Å². The number of carbonyl (C=O) groups is 1. The van der Waals surface area contributed by atoms with Crippen molar-refractivity contribution in [2.75, 3.05) is 25.5 Å². The van der Waals surface area contributed by atoms with E-state index in [0.29, 0.717) is 11.8 Å². The van der Waals surface area contributed by atoms with Crippen LogP contribution in [0.2, 0.25) is 0 Å². The molecule has 0 aliphatic carbocycles. The number of carbonyl (C=O) groups excluding carboxylic acids is 1. The maximum absolute atomic E-state index is 11.2. The summed E-state index contributed by atoms with van der Waals surface area (Å²) >= 11 is 1.72. The predicted molar refractivity (Wildman–Crippen MR) is 98.5 cm³/mol. The zero-order chi connectivity index (χ0) is 17.3. The Morgan fingerprint density at radius 3 is 2.58 bits per heavy atom. The van der Waals surface area contributed by atoms with Crippen LogP contribution in [0.1, 0.15) is 13.8 Å². The van der Waals surface area contributed by atoms with E-state index >= 15 is 0 Å². The van der Waals surface area contributed by atoms with Gasteiger partial charge in [0.05, 0.1) is 11.4 Å². The molecular weight excluding hydrogens is 320 g/mol. The van der Waals surface area contributed by atoms with Crippen molar-refractivity contribution >= 4 is 29.1 Å². The highest BCUT2D eigenvalue weighted by Gasteiger charge is 2.25. The summed E-state index contributed by atoms with van der Waals surface area (Å²) in [5.74, 6) is 0.294. The van der Waals surface area contributed by atoms with Crippen LogP contribution in [-0.4, -0.2) is 37.6 Å². The number of anilines is 2. The van der Waals surface area contributed by atoms with Gasteiger partial charge in [-0.25, -0.2) is 0 Å². The maximum Gasteiger partial charge on any atom is 0.308 e. The molecule has 0 saturated carbocycles. The summed E-state index contributed by atoms with van der Waals surface area (Å²) in [6.45, 7) is 4.54. The maximum atomic E-state index is 11.2. The first-order chi connectivity index (χ1) is 11.5. The molecule has 4 nitrogen and oxygen atoms in total. The number of para-hydroxylation sites is 1. The summed E-state index contributed by atoms with van der Waals surface area (Å²) < 4.78 is 5.24. The van der Waals surface area contributed by atoms with Gasteiger partial charge in [-0.2, -0.15) is 0 Å². The van der Waals surface area contributed by atoms with Crippen LogP contribution >= 0.6 is 11.8 Å². The van der Waals surface area contributed by atoms with Crippen molar-refractivity contribution in [1.29, 1.82) is 0 Å². The quantitative estimate of drug-likeness (QED) is 0.615. The van der Waals surface area contributed by atoms with E-state index in [2.05, 4.69) is 55.1 Å². The fourth-order valence-electron chi connectivity index (χ4n) is 2.67. The number of rotatable bonds is 4. The van der Waals surface area contributed by atoms with Gasteiger partial charge < -0.3 is 14.5 Å². The third kappa shape index (κ3) is 3.42. The Labute approximate surface area is 147 Å².